The lowest BCUT2D eigenvalue weighted by Crippen LogP contribution is -2.06. The first kappa shape index (κ1) is 23.5. The number of rotatable bonds is 9. The molecule has 0 aliphatic rings. The van der Waals surface area contributed by atoms with Crippen molar-refractivity contribution in [1.82, 2.24) is 0 Å². The van der Waals surface area contributed by atoms with E-state index in [2.05, 4.69) is 0 Å². The highest BCUT2D eigenvalue weighted by molar-refractivity contribution is 7.47. The summed E-state index contributed by atoms with van der Waals surface area (Å²) in [6.07, 6.45) is 1.66. The molecule has 0 aromatic heterocycles. The molecule has 0 fully saturated rings. The van der Waals surface area contributed by atoms with E-state index in [1.54, 1.807) is 0 Å². The van der Waals surface area contributed by atoms with Crippen LogP contribution in [-0.4, -0.2) is 33.7 Å². The fraction of sp³-hybridized carbons (Fsp3) is 0.263. The molecule has 152 valence electrons. The summed E-state index contributed by atoms with van der Waals surface area (Å²) in [4.78, 5) is 30.2. The minimum atomic E-state index is -3.89. The number of carbonyl (C=O) groups is 2. The van der Waals surface area contributed by atoms with Gasteiger partial charge >= 0.3 is 19.8 Å². The Morgan fingerprint density at radius 2 is 1.39 bits per heavy atom. The van der Waals surface area contributed by atoms with Gasteiger partial charge in [-0.15, -0.1) is 0 Å². The van der Waals surface area contributed by atoms with Crippen LogP contribution < -0.4 is 0 Å². The topological polar surface area (TPSA) is 130 Å². The van der Waals surface area contributed by atoms with Crippen molar-refractivity contribution in [3.05, 3.63) is 71.3 Å². The van der Waals surface area contributed by atoms with Crippen LogP contribution in [0.2, 0.25) is 0 Å². The molecule has 28 heavy (non-hydrogen) atoms. The molecule has 0 aliphatic carbocycles. The second kappa shape index (κ2) is 12.0. The number of hydrogen-bond acceptors (Lipinski definition) is 5. The Labute approximate surface area is 163 Å². The lowest BCUT2D eigenvalue weighted by Gasteiger charge is -2.11. The first-order valence-corrected chi connectivity index (χ1v) is 9.97. The first-order valence-electron chi connectivity index (χ1n) is 8.48. The van der Waals surface area contributed by atoms with E-state index in [0.717, 1.165) is 18.4 Å². The summed E-state index contributed by atoms with van der Waals surface area (Å²) in [5, 5.41) is 17.1. The highest BCUT2D eigenvalue weighted by atomic mass is 31.2. The Hall–Kier alpha value is -2.51. The van der Waals surface area contributed by atoms with E-state index in [1.807, 2.05) is 37.3 Å². The summed E-state index contributed by atoms with van der Waals surface area (Å²) in [7, 11) is -3.89. The van der Waals surface area contributed by atoms with E-state index < -0.39 is 19.8 Å². The lowest BCUT2D eigenvalue weighted by atomic mass is 10.1. The molecule has 0 aliphatic heterocycles. The predicted octanol–water partition coefficient (Wildman–Crippen LogP) is 4.20. The van der Waals surface area contributed by atoms with E-state index in [0.29, 0.717) is 0 Å². The molecular formula is C19H23O8P. The monoisotopic (exact) mass is 410 g/mol. The van der Waals surface area contributed by atoms with Gasteiger partial charge in [-0.25, -0.2) is 14.2 Å². The fourth-order valence-electron chi connectivity index (χ4n) is 1.95. The molecule has 2 aromatic carbocycles. The van der Waals surface area contributed by atoms with E-state index >= 15 is 0 Å². The second-order valence-corrected chi connectivity index (χ2v) is 7.02. The second-order valence-electron chi connectivity index (χ2n) is 5.57. The Bertz CT molecular complexity index is 774. The average Bonchev–Trinajstić information content (AvgIpc) is 2.68. The molecule has 2 aromatic rings. The standard InChI is InChI=1S/C11H17O4P.C8H6O4/c1-2-3-9-14-16(12,13)15-10-11-7-5-4-6-8-11;9-7(10)5-3-1-2-4-6(5)8(11)12/h4-8H,2-3,9-10H2,1H3,(H,12,13);1-4H,(H,9,10)(H,11,12). The quantitative estimate of drug-likeness (QED) is 0.414. The highest BCUT2D eigenvalue weighted by Gasteiger charge is 2.20. The number of benzene rings is 2. The molecule has 3 N–H and O–H groups in total. The molecule has 9 heteroatoms. The first-order chi connectivity index (χ1) is 13.3. The van der Waals surface area contributed by atoms with Crippen LogP contribution in [0.3, 0.4) is 0 Å². The molecule has 1 atom stereocenters. The van der Waals surface area contributed by atoms with Crippen molar-refractivity contribution in [3.8, 4) is 0 Å². The van der Waals surface area contributed by atoms with Crippen molar-refractivity contribution in [1.29, 1.82) is 0 Å². The molecule has 0 amide bonds. The van der Waals surface area contributed by atoms with Crippen LogP contribution in [-0.2, 0) is 20.2 Å². The van der Waals surface area contributed by atoms with E-state index in [4.69, 9.17) is 19.3 Å². The van der Waals surface area contributed by atoms with Crippen LogP contribution in [0.15, 0.2) is 54.6 Å². The number of carboxylic acids is 2. The van der Waals surface area contributed by atoms with Crippen molar-refractivity contribution < 1.29 is 38.3 Å². The normalized spacial score (nSPS) is 12.4. The van der Waals surface area contributed by atoms with Crippen molar-refractivity contribution >= 4 is 19.8 Å². The van der Waals surface area contributed by atoms with Gasteiger partial charge in [-0.2, -0.15) is 0 Å². The zero-order chi connectivity index (χ0) is 21.0. The maximum Gasteiger partial charge on any atom is 0.472 e. The number of hydrogen-bond donors (Lipinski definition) is 3. The number of unbranched alkanes of at least 4 members (excludes halogenated alkanes) is 1. The minimum absolute atomic E-state index is 0.0841. The summed E-state index contributed by atoms with van der Waals surface area (Å²) in [5.74, 6) is -2.46. The largest absolute Gasteiger partial charge is 0.478 e. The summed E-state index contributed by atoms with van der Waals surface area (Å²) >= 11 is 0. The van der Waals surface area contributed by atoms with Gasteiger partial charge in [-0.3, -0.25) is 9.05 Å². The van der Waals surface area contributed by atoms with Gasteiger partial charge in [0.25, 0.3) is 0 Å². The molecule has 0 spiro atoms. The van der Waals surface area contributed by atoms with Gasteiger partial charge in [0, 0.05) is 0 Å². The third-order valence-corrected chi connectivity index (χ3v) is 4.34. The van der Waals surface area contributed by atoms with Gasteiger partial charge in [-0.05, 0) is 24.1 Å². The van der Waals surface area contributed by atoms with Crippen LogP contribution in [0.5, 0.6) is 0 Å². The van der Waals surface area contributed by atoms with Crippen molar-refractivity contribution in [2.75, 3.05) is 6.61 Å². The van der Waals surface area contributed by atoms with E-state index in [-0.39, 0.29) is 24.3 Å². The van der Waals surface area contributed by atoms with Crippen molar-refractivity contribution in [2.45, 2.75) is 26.4 Å². The van der Waals surface area contributed by atoms with Crippen LogP contribution in [0.1, 0.15) is 46.0 Å². The SMILES string of the molecule is CCCCOP(=O)(O)OCc1ccccc1.O=C(O)c1ccccc1C(=O)O. The lowest BCUT2D eigenvalue weighted by molar-refractivity contribution is 0.0651. The van der Waals surface area contributed by atoms with Crippen molar-refractivity contribution in [2.24, 2.45) is 0 Å². The zero-order valence-corrected chi connectivity index (χ0v) is 16.2. The molecule has 0 heterocycles. The zero-order valence-electron chi connectivity index (χ0n) is 15.4. The smallest absolute Gasteiger partial charge is 0.472 e. The van der Waals surface area contributed by atoms with Crippen LogP contribution in [0.25, 0.3) is 0 Å². The molecule has 0 saturated carbocycles. The molecule has 8 nitrogen and oxygen atoms in total. The molecular weight excluding hydrogens is 387 g/mol. The minimum Gasteiger partial charge on any atom is -0.478 e. The van der Waals surface area contributed by atoms with Crippen LogP contribution >= 0.6 is 7.82 Å². The van der Waals surface area contributed by atoms with Crippen LogP contribution in [0.4, 0.5) is 0 Å². The third-order valence-electron chi connectivity index (χ3n) is 3.38. The number of phosphoric ester groups is 1. The van der Waals surface area contributed by atoms with Gasteiger partial charge in [0.15, 0.2) is 0 Å². The maximum atomic E-state index is 11.4. The molecule has 0 bridgehead atoms. The van der Waals surface area contributed by atoms with Crippen molar-refractivity contribution in [3.63, 3.8) is 0 Å². The third kappa shape index (κ3) is 8.92. The Morgan fingerprint density at radius 1 is 0.893 bits per heavy atom. The Kier molecular flexibility index (Phi) is 10.1. The number of phosphoric acid groups is 1. The average molecular weight is 410 g/mol. The van der Waals surface area contributed by atoms with E-state index in [1.165, 1.54) is 24.3 Å². The fourth-order valence-corrected chi connectivity index (χ4v) is 2.69. The van der Waals surface area contributed by atoms with Crippen LogP contribution in [0, 0.1) is 0 Å². The molecule has 2 rings (SSSR count). The summed E-state index contributed by atoms with van der Waals surface area (Å²) in [6, 6.07) is 14.7. The summed E-state index contributed by atoms with van der Waals surface area (Å²) in [5.41, 5.74) is 0.464. The van der Waals surface area contributed by atoms with E-state index in [9.17, 15) is 19.0 Å². The summed E-state index contributed by atoms with van der Waals surface area (Å²) < 4.78 is 21.0. The number of aromatic carboxylic acids is 2. The Morgan fingerprint density at radius 3 is 1.86 bits per heavy atom. The van der Waals surface area contributed by atoms with Gasteiger partial charge in [-0.1, -0.05) is 55.8 Å². The molecule has 0 radical (unpaired) electrons. The Balaban J connectivity index is 0.000000292. The summed E-state index contributed by atoms with van der Waals surface area (Å²) in [6.45, 7) is 2.32. The maximum absolute atomic E-state index is 11.4. The number of carboxylic acid groups (broad SMARTS) is 2. The molecule has 0 saturated heterocycles. The van der Waals surface area contributed by atoms with Gasteiger partial charge in [0.05, 0.1) is 24.3 Å². The highest BCUT2D eigenvalue weighted by Crippen LogP contribution is 2.44. The van der Waals surface area contributed by atoms with Gasteiger partial charge < -0.3 is 15.1 Å². The van der Waals surface area contributed by atoms with Gasteiger partial charge in [0.2, 0.25) is 0 Å². The molecule has 1 unspecified atom stereocenters. The predicted molar refractivity (Wildman–Crippen MR) is 102 cm³/mol. The van der Waals surface area contributed by atoms with Gasteiger partial charge in [0.1, 0.15) is 0 Å².